The molecule has 2 aromatic rings. The van der Waals surface area contributed by atoms with E-state index in [1.807, 2.05) is 37.2 Å². The van der Waals surface area contributed by atoms with Crippen molar-refractivity contribution in [3.8, 4) is 18.2 Å². The van der Waals surface area contributed by atoms with Crippen molar-refractivity contribution >= 4 is 34.2 Å². The molecule has 0 saturated carbocycles. The van der Waals surface area contributed by atoms with E-state index in [4.69, 9.17) is 0 Å². The van der Waals surface area contributed by atoms with E-state index in [-0.39, 0.29) is 22.4 Å². The van der Waals surface area contributed by atoms with Crippen LogP contribution in [0.2, 0.25) is 0 Å². The van der Waals surface area contributed by atoms with E-state index in [0.717, 1.165) is 14.8 Å². The highest BCUT2D eigenvalue weighted by atomic mass is 32.1. The third-order valence-corrected chi connectivity index (χ3v) is 5.65. The molecule has 0 saturated heterocycles. The van der Waals surface area contributed by atoms with Crippen LogP contribution in [0.4, 0.5) is 5.00 Å². The van der Waals surface area contributed by atoms with Gasteiger partial charge in [-0.2, -0.15) is 15.8 Å². The van der Waals surface area contributed by atoms with E-state index in [1.165, 1.54) is 29.5 Å². The number of anilines is 1. The van der Waals surface area contributed by atoms with Gasteiger partial charge in [-0.25, -0.2) is 4.90 Å². The molecule has 0 spiro atoms. The Morgan fingerprint density at radius 3 is 2.06 bits per heavy atom. The Kier molecular flexibility index (Phi) is 6.12. The van der Waals surface area contributed by atoms with Gasteiger partial charge in [0.25, 0.3) is 11.8 Å². The Morgan fingerprint density at radius 2 is 1.58 bits per heavy atom. The molecule has 1 aromatic heterocycles. The van der Waals surface area contributed by atoms with E-state index in [0.29, 0.717) is 0 Å². The van der Waals surface area contributed by atoms with Crippen molar-refractivity contribution in [2.45, 2.75) is 0 Å². The minimum atomic E-state index is -0.683. The fraction of sp³-hybridized carbons (Fsp3) is 0.0870. The number of imide groups is 1. The Hall–Kier alpha value is -4.45. The van der Waals surface area contributed by atoms with E-state index in [2.05, 4.69) is 0 Å². The van der Waals surface area contributed by atoms with Crippen molar-refractivity contribution in [3.05, 3.63) is 81.4 Å². The summed E-state index contributed by atoms with van der Waals surface area (Å²) in [5.74, 6) is -1.37. The summed E-state index contributed by atoms with van der Waals surface area (Å²) in [5, 5.41) is 29.6. The van der Waals surface area contributed by atoms with Gasteiger partial charge in [0.15, 0.2) is 5.57 Å². The zero-order valence-electron chi connectivity index (χ0n) is 16.7. The van der Waals surface area contributed by atoms with Gasteiger partial charge in [0.2, 0.25) is 0 Å². The molecule has 0 unspecified atom stereocenters. The molecule has 31 heavy (non-hydrogen) atoms. The zero-order chi connectivity index (χ0) is 22.5. The number of allylic oxidation sites excluding steroid dienone is 4. The maximum atomic E-state index is 12.9. The smallest absolute Gasteiger partial charge is 0.266 e. The first-order chi connectivity index (χ1) is 14.9. The van der Waals surface area contributed by atoms with E-state index in [1.54, 1.807) is 36.4 Å². The van der Waals surface area contributed by atoms with Crippen molar-refractivity contribution in [3.63, 3.8) is 0 Å². The van der Waals surface area contributed by atoms with Crippen LogP contribution in [0.25, 0.3) is 6.08 Å². The monoisotopic (exact) mass is 425 g/mol. The van der Waals surface area contributed by atoms with Gasteiger partial charge >= 0.3 is 0 Å². The molecule has 0 atom stereocenters. The molecule has 1 aromatic carbocycles. The van der Waals surface area contributed by atoms with Gasteiger partial charge in [-0.15, -0.1) is 11.3 Å². The van der Waals surface area contributed by atoms with Crippen LogP contribution in [0.3, 0.4) is 0 Å². The first-order valence-electron chi connectivity index (χ1n) is 9.01. The molecular formula is C23H15N5O2S. The highest BCUT2D eigenvalue weighted by molar-refractivity contribution is 7.16. The maximum Gasteiger partial charge on any atom is 0.266 e. The Bertz CT molecular complexity index is 1240. The Balaban J connectivity index is 2.05. The molecule has 0 N–H and O–H groups in total. The summed E-state index contributed by atoms with van der Waals surface area (Å²) in [6.07, 6.45) is 4.71. The van der Waals surface area contributed by atoms with Gasteiger partial charge in [0.05, 0.1) is 27.4 Å². The molecule has 0 bridgehead atoms. The summed E-state index contributed by atoms with van der Waals surface area (Å²) in [7, 11) is 3.86. The molecule has 0 fully saturated rings. The molecule has 2 heterocycles. The quantitative estimate of drug-likeness (QED) is 0.408. The maximum absolute atomic E-state index is 12.9. The predicted octanol–water partition coefficient (Wildman–Crippen LogP) is 3.87. The topological polar surface area (TPSA) is 112 Å². The van der Waals surface area contributed by atoms with Gasteiger partial charge in [0, 0.05) is 19.0 Å². The van der Waals surface area contributed by atoms with Gasteiger partial charge in [-0.05, 0) is 36.4 Å². The van der Waals surface area contributed by atoms with Gasteiger partial charge in [-0.3, -0.25) is 9.59 Å². The zero-order valence-corrected chi connectivity index (χ0v) is 17.5. The number of amides is 2. The molecular weight excluding hydrogens is 410 g/mol. The molecule has 1 aliphatic rings. The first kappa shape index (κ1) is 21.3. The predicted molar refractivity (Wildman–Crippen MR) is 117 cm³/mol. The van der Waals surface area contributed by atoms with E-state index in [9.17, 15) is 25.4 Å². The second-order valence-electron chi connectivity index (χ2n) is 6.56. The van der Waals surface area contributed by atoms with Crippen LogP contribution < -0.4 is 4.90 Å². The van der Waals surface area contributed by atoms with Crippen molar-refractivity contribution in [1.82, 2.24) is 4.90 Å². The van der Waals surface area contributed by atoms with Crippen molar-refractivity contribution in [1.29, 1.82) is 15.8 Å². The Labute approximate surface area is 183 Å². The highest BCUT2D eigenvalue weighted by Gasteiger charge is 2.40. The molecule has 2 amide bonds. The summed E-state index contributed by atoms with van der Waals surface area (Å²) in [6, 6.07) is 15.3. The van der Waals surface area contributed by atoms with Crippen LogP contribution in [0.1, 0.15) is 25.6 Å². The number of carbonyl (C=O) groups excluding carboxylic acids is 2. The largest absolute Gasteiger partial charge is 0.370 e. The van der Waals surface area contributed by atoms with Gasteiger partial charge in [0.1, 0.15) is 18.2 Å². The average molecular weight is 425 g/mol. The summed E-state index contributed by atoms with van der Waals surface area (Å²) in [6.45, 7) is 0. The summed E-state index contributed by atoms with van der Waals surface area (Å²) in [4.78, 5) is 29.3. The lowest BCUT2D eigenvalue weighted by Gasteiger charge is -2.17. The standard InChI is InChI=1S/C23H15N5O2S/c1-27(2)20-11-10-17(31-20)7-5-6-15(12-24)21(16(13-25)14-26)28-22(29)18-8-3-4-9-19(18)23(28)30/h3-11H,1-2H3/b7-5+,15-6+. The molecule has 1 aliphatic heterocycles. The lowest BCUT2D eigenvalue weighted by Crippen LogP contribution is -2.30. The normalized spacial score (nSPS) is 12.9. The number of rotatable bonds is 5. The number of hydrogen-bond acceptors (Lipinski definition) is 7. The lowest BCUT2D eigenvalue weighted by molar-refractivity contribution is 0.0707. The number of carbonyl (C=O) groups is 2. The van der Waals surface area contributed by atoms with E-state index < -0.39 is 17.4 Å². The van der Waals surface area contributed by atoms with Crippen LogP contribution in [0.5, 0.6) is 0 Å². The number of hydrogen-bond donors (Lipinski definition) is 0. The van der Waals surface area contributed by atoms with Crippen LogP contribution in [-0.2, 0) is 0 Å². The third kappa shape index (κ3) is 4.00. The number of thiophene rings is 1. The van der Waals surface area contributed by atoms with Crippen LogP contribution in [0, 0.1) is 34.0 Å². The minimum Gasteiger partial charge on any atom is -0.370 e. The summed E-state index contributed by atoms with van der Waals surface area (Å²) >= 11 is 1.53. The number of nitriles is 3. The molecule has 0 aliphatic carbocycles. The van der Waals surface area contributed by atoms with Crippen LogP contribution >= 0.6 is 11.3 Å². The van der Waals surface area contributed by atoms with Crippen molar-refractivity contribution < 1.29 is 9.59 Å². The number of fused-ring (bicyclic) bond motifs is 1. The van der Waals surface area contributed by atoms with Crippen LogP contribution in [-0.4, -0.2) is 30.8 Å². The van der Waals surface area contributed by atoms with Crippen molar-refractivity contribution in [2.75, 3.05) is 19.0 Å². The average Bonchev–Trinajstić information content (AvgIpc) is 3.34. The number of benzene rings is 1. The second kappa shape index (κ2) is 8.92. The summed E-state index contributed by atoms with van der Waals surface area (Å²) < 4.78 is 0. The molecule has 150 valence electrons. The van der Waals surface area contributed by atoms with Crippen LogP contribution in [0.15, 0.2) is 65.4 Å². The minimum absolute atomic E-state index is 0.145. The molecule has 8 heteroatoms. The Morgan fingerprint density at radius 1 is 0.968 bits per heavy atom. The van der Waals surface area contributed by atoms with Gasteiger partial charge < -0.3 is 4.90 Å². The molecule has 3 rings (SSSR count). The fourth-order valence-corrected chi connectivity index (χ4v) is 3.81. The first-order valence-corrected chi connectivity index (χ1v) is 9.82. The lowest BCUT2D eigenvalue weighted by atomic mass is 10.1. The van der Waals surface area contributed by atoms with Crippen molar-refractivity contribution in [2.24, 2.45) is 0 Å². The molecule has 7 nitrogen and oxygen atoms in total. The van der Waals surface area contributed by atoms with E-state index >= 15 is 0 Å². The molecule has 0 radical (unpaired) electrons. The third-order valence-electron chi connectivity index (χ3n) is 4.43. The SMILES string of the molecule is CN(C)c1ccc(/C=C/C=C(\C#N)C(=C(C#N)C#N)N2C(=O)c3ccccc3C2=O)s1. The second-order valence-corrected chi connectivity index (χ2v) is 7.65. The van der Waals surface area contributed by atoms with Gasteiger partial charge in [-0.1, -0.05) is 18.2 Å². The highest BCUT2D eigenvalue weighted by Crippen LogP contribution is 2.31. The number of nitrogens with zero attached hydrogens (tertiary/aromatic N) is 5. The fourth-order valence-electron chi connectivity index (χ4n) is 2.97. The summed E-state index contributed by atoms with van der Waals surface area (Å²) in [5.41, 5.74) is -0.649.